The zero-order chi connectivity index (χ0) is 12.8. The van der Waals surface area contributed by atoms with Gasteiger partial charge in [-0.1, -0.05) is 27.7 Å². The Labute approximate surface area is 106 Å². The number of carbonyl (C=O) groups is 1. The van der Waals surface area contributed by atoms with E-state index in [1.807, 2.05) is 6.92 Å². The molecule has 1 aliphatic heterocycles. The van der Waals surface area contributed by atoms with Crippen molar-refractivity contribution >= 4 is 5.91 Å². The fourth-order valence-electron chi connectivity index (χ4n) is 2.47. The van der Waals surface area contributed by atoms with Gasteiger partial charge in [0.15, 0.2) is 0 Å². The van der Waals surface area contributed by atoms with E-state index in [-0.39, 0.29) is 5.92 Å². The summed E-state index contributed by atoms with van der Waals surface area (Å²) < 4.78 is 0. The highest BCUT2D eigenvalue weighted by Crippen LogP contribution is 2.19. The van der Waals surface area contributed by atoms with Crippen molar-refractivity contribution in [3.8, 4) is 0 Å². The van der Waals surface area contributed by atoms with Crippen LogP contribution in [0.5, 0.6) is 0 Å². The second kappa shape index (κ2) is 7.00. The highest BCUT2D eigenvalue weighted by atomic mass is 16.2. The molecular weight excluding hydrogens is 212 g/mol. The first-order valence-corrected chi connectivity index (χ1v) is 7.12. The lowest BCUT2D eigenvalue weighted by Gasteiger charge is -2.38. The van der Waals surface area contributed by atoms with Crippen LogP contribution in [0.2, 0.25) is 0 Å². The first kappa shape index (κ1) is 14.5. The minimum atomic E-state index is 0.183. The molecule has 1 amide bonds. The summed E-state index contributed by atoms with van der Waals surface area (Å²) in [6.07, 6.45) is 3.23. The van der Waals surface area contributed by atoms with E-state index in [1.165, 1.54) is 6.42 Å². The largest absolute Gasteiger partial charge is 0.342 e. The molecule has 0 bridgehead atoms. The highest BCUT2D eigenvalue weighted by Gasteiger charge is 2.29. The molecule has 17 heavy (non-hydrogen) atoms. The highest BCUT2D eigenvalue weighted by molar-refractivity contribution is 5.78. The fraction of sp³-hybridized carbons (Fsp3) is 0.929. The van der Waals surface area contributed by atoms with E-state index in [4.69, 9.17) is 0 Å². The minimum Gasteiger partial charge on any atom is -0.342 e. The molecule has 3 atom stereocenters. The lowest BCUT2D eigenvalue weighted by atomic mass is 9.92. The van der Waals surface area contributed by atoms with Crippen molar-refractivity contribution in [2.45, 2.75) is 53.0 Å². The SMILES string of the molecule is CCCNC1CCN(C(=O)C(C)CC)CC1C. The summed E-state index contributed by atoms with van der Waals surface area (Å²) in [4.78, 5) is 14.2. The van der Waals surface area contributed by atoms with Crippen molar-refractivity contribution in [3.63, 3.8) is 0 Å². The summed E-state index contributed by atoms with van der Waals surface area (Å²) in [7, 11) is 0. The molecule has 0 aromatic rings. The van der Waals surface area contributed by atoms with Crippen LogP contribution in [0.4, 0.5) is 0 Å². The summed E-state index contributed by atoms with van der Waals surface area (Å²) >= 11 is 0. The van der Waals surface area contributed by atoms with Gasteiger partial charge in [0.1, 0.15) is 0 Å². The first-order chi connectivity index (χ1) is 8.10. The monoisotopic (exact) mass is 240 g/mol. The van der Waals surface area contributed by atoms with Crippen LogP contribution >= 0.6 is 0 Å². The number of hydrogen-bond acceptors (Lipinski definition) is 2. The number of piperidine rings is 1. The molecule has 3 nitrogen and oxygen atoms in total. The Hall–Kier alpha value is -0.570. The van der Waals surface area contributed by atoms with Crippen molar-refractivity contribution in [1.82, 2.24) is 10.2 Å². The molecule has 0 aromatic heterocycles. The van der Waals surface area contributed by atoms with Gasteiger partial charge in [-0.2, -0.15) is 0 Å². The van der Waals surface area contributed by atoms with Crippen LogP contribution < -0.4 is 5.32 Å². The Morgan fingerprint density at radius 2 is 2.18 bits per heavy atom. The summed E-state index contributed by atoms with van der Waals surface area (Å²) in [6.45, 7) is 11.5. The molecule has 0 aromatic carbocycles. The van der Waals surface area contributed by atoms with Gasteiger partial charge >= 0.3 is 0 Å². The zero-order valence-electron chi connectivity index (χ0n) is 11.8. The predicted octanol–water partition coefficient (Wildman–Crippen LogP) is 2.27. The van der Waals surface area contributed by atoms with Gasteiger partial charge in [-0.05, 0) is 31.7 Å². The van der Waals surface area contributed by atoms with E-state index in [2.05, 4.69) is 31.0 Å². The Balaban J connectivity index is 2.43. The summed E-state index contributed by atoms with van der Waals surface area (Å²) in [6, 6.07) is 0.593. The lowest BCUT2D eigenvalue weighted by molar-refractivity contribution is -0.137. The third-order valence-electron chi connectivity index (χ3n) is 3.91. The van der Waals surface area contributed by atoms with E-state index in [1.54, 1.807) is 0 Å². The van der Waals surface area contributed by atoms with Crippen LogP contribution in [0.25, 0.3) is 0 Å². The molecule has 100 valence electrons. The van der Waals surface area contributed by atoms with Gasteiger partial charge in [0.05, 0.1) is 0 Å². The molecule has 1 fully saturated rings. The Morgan fingerprint density at radius 3 is 2.71 bits per heavy atom. The lowest BCUT2D eigenvalue weighted by Crippen LogP contribution is -2.51. The molecule has 1 rings (SSSR count). The minimum absolute atomic E-state index is 0.183. The van der Waals surface area contributed by atoms with Gasteiger partial charge in [0, 0.05) is 25.0 Å². The standard InChI is InChI=1S/C14H28N2O/c1-5-8-15-13-7-9-16(10-12(13)4)14(17)11(3)6-2/h11-13,15H,5-10H2,1-4H3. The van der Waals surface area contributed by atoms with Crippen molar-refractivity contribution in [2.75, 3.05) is 19.6 Å². The third-order valence-corrected chi connectivity index (χ3v) is 3.91. The number of nitrogens with zero attached hydrogens (tertiary/aromatic N) is 1. The van der Waals surface area contributed by atoms with Gasteiger partial charge in [-0.25, -0.2) is 0 Å². The average molecular weight is 240 g/mol. The van der Waals surface area contributed by atoms with E-state index in [0.29, 0.717) is 17.9 Å². The number of likely N-dealkylation sites (tertiary alicyclic amines) is 1. The van der Waals surface area contributed by atoms with E-state index < -0.39 is 0 Å². The van der Waals surface area contributed by atoms with E-state index in [0.717, 1.165) is 32.5 Å². The molecule has 0 aliphatic carbocycles. The Morgan fingerprint density at radius 1 is 1.47 bits per heavy atom. The van der Waals surface area contributed by atoms with E-state index >= 15 is 0 Å². The topological polar surface area (TPSA) is 32.3 Å². The van der Waals surface area contributed by atoms with Crippen molar-refractivity contribution < 1.29 is 4.79 Å². The van der Waals surface area contributed by atoms with Crippen molar-refractivity contribution in [1.29, 1.82) is 0 Å². The van der Waals surface area contributed by atoms with Crippen molar-refractivity contribution in [3.05, 3.63) is 0 Å². The molecule has 1 heterocycles. The number of nitrogens with one attached hydrogen (secondary N) is 1. The normalized spacial score (nSPS) is 26.9. The maximum atomic E-state index is 12.1. The molecule has 0 radical (unpaired) electrons. The fourth-order valence-corrected chi connectivity index (χ4v) is 2.47. The first-order valence-electron chi connectivity index (χ1n) is 7.12. The number of amides is 1. The summed E-state index contributed by atoms with van der Waals surface area (Å²) in [5.41, 5.74) is 0. The molecular formula is C14H28N2O. The molecule has 3 heteroatoms. The summed E-state index contributed by atoms with van der Waals surface area (Å²) in [5.74, 6) is 1.10. The molecule has 0 spiro atoms. The van der Waals surface area contributed by atoms with Gasteiger partial charge in [-0.15, -0.1) is 0 Å². The predicted molar refractivity (Wildman–Crippen MR) is 71.9 cm³/mol. The molecule has 3 unspecified atom stereocenters. The van der Waals surface area contributed by atoms with Crippen molar-refractivity contribution in [2.24, 2.45) is 11.8 Å². The Bertz CT molecular complexity index is 242. The van der Waals surface area contributed by atoms with Gasteiger partial charge in [0.2, 0.25) is 5.91 Å². The second-order valence-corrected chi connectivity index (χ2v) is 5.42. The Kier molecular flexibility index (Phi) is 5.96. The summed E-state index contributed by atoms with van der Waals surface area (Å²) in [5, 5.41) is 3.59. The van der Waals surface area contributed by atoms with Gasteiger partial charge in [-0.3, -0.25) is 4.79 Å². The zero-order valence-corrected chi connectivity index (χ0v) is 11.8. The van der Waals surface area contributed by atoms with Crippen LogP contribution in [0.1, 0.15) is 47.0 Å². The number of rotatable bonds is 5. The van der Waals surface area contributed by atoms with E-state index in [9.17, 15) is 4.79 Å². The maximum absolute atomic E-state index is 12.1. The molecule has 0 saturated carbocycles. The van der Waals surface area contributed by atoms with Crippen LogP contribution in [0.3, 0.4) is 0 Å². The van der Waals surface area contributed by atoms with Gasteiger partial charge in [0.25, 0.3) is 0 Å². The van der Waals surface area contributed by atoms with Crippen LogP contribution in [0, 0.1) is 11.8 Å². The molecule has 1 saturated heterocycles. The second-order valence-electron chi connectivity index (χ2n) is 5.42. The molecule has 1 aliphatic rings. The maximum Gasteiger partial charge on any atom is 0.225 e. The molecule has 1 N–H and O–H groups in total. The third kappa shape index (κ3) is 3.98. The van der Waals surface area contributed by atoms with Crippen LogP contribution in [-0.4, -0.2) is 36.5 Å². The van der Waals surface area contributed by atoms with Crippen LogP contribution in [-0.2, 0) is 4.79 Å². The number of hydrogen-bond donors (Lipinski definition) is 1. The van der Waals surface area contributed by atoms with Gasteiger partial charge < -0.3 is 10.2 Å². The quantitative estimate of drug-likeness (QED) is 0.799. The number of carbonyl (C=O) groups excluding carboxylic acids is 1. The smallest absolute Gasteiger partial charge is 0.225 e. The van der Waals surface area contributed by atoms with Crippen LogP contribution in [0.15, 0.2) is 0 Å². The average Bonchev–Trinajstić information content (AvgIpc) is 2.35.